The van der Waals surface area contributed by atoms with E-state index in [1.165, 1.54) is 12.1 Å². The third kappa shape index (κ3) is 2.25. The van der Waals surface area contributed by atoms with Crippen molar-refractivity contribution in [3.05, 3.63) is 64.6 Å². The van der Waals surface area contributed by atoms with Crippen molar-refractivity contribution < 1.29 is 9.13 Å². The van der Waals surface area contributed by atoms with Crippen molar-refractivity contribution >= 4 is 0 Å². The number of aromatic nitrogens is 4. The first-order valence-corrected chi connectivity index (χ1v) is 7.51. The second-order valence-corrected chi connectivity index (χ2v) is 5.70. The minimum atomic E-state index is -0.480. The van der Waals surface area contributed by atoms with Crippen LogP contribution in [-0.4, -0.2) is 20.4 Å². The number of fused-ring (bicyclic) bond motifs is 1. The van der Waals surface area contributed by atoms with Crippen molar-refractivity contribution in [2.24, 2.45) is 5.73 Å². The summed E-state index contributed by atoms with van der Waals surface area (Å²) in [7, 11) is 0. The van der Waals surface area contributed by atoms with E-state index >= 15 is 0 Å². The number of hydrogen-bond donors (Lipinski definition) is 3. The summed E-state index contributed by atoms with van der Waals surface area (Å²) >= 11 is 0. The van der Waals surface area contributed by atoms with Gasteiger partial charge in [0.25, 0.3) is 0 Å². The predicted octanol–water partition coefficient (Wildman–Crippen LogP) is 2.47. The Morgan fingerprint density at radius 1 is 1.28 bits per heavy atom. The molecule has 0 amide bonds. The zero-order valence-corrected chi connectivity index (χ0v) is 13.2. The number of hydrogen-bond acceptors (Lipinski definition) is 5. The molecule has 1 aromatic carbocycles. The predicted molar refractivity (Wildman–Crippen MR) is 86.6 cm³/mol. The van der Waals surface area contributed by atoms with Crippen LogP contribution >= 0.6 is 0 Å². The van der Waals surface area contributed by atoms with Crippen LogP contribution in [0, 0.1) is 24.1 Å². The number of rotatable bonds is 2. The number of nitriles is 1. The minimum absolute atomic E-state index is 0.0118. The van der Waals surface area contributed by atoms with Crippen LogP contribution in [0.25, 0.3) is 11.3 Å². The molecule has 25 heavy (non-hydrogen) atoms. The first-order valence-electron chi connectivity index (χ1n) is 7.51. The molecule has 3 aromatic rings. The Balaban J connectivity index is 1.93. The Morgan fingerprint density at radius 2 is 2.04 bits per heavy atom. The third-order valence-corrected chi connectivity index (χ3v) is 4.24. The van der Waals surface area contributed by atoms with Gasteiger partial charge in [-0.05, 0) is 31.2 Å². The average molecular weight is 336 g/mol. The van der Waals surface area contributed by atoms with Crippen LogP contribution in [0.5, 0.6) is 5.88 Å². The number of H-pyrrole nitrogens is 2. The standard InChI is InChI=1S/C17H13FN6O/c1-8-13-14(11(6-19)16(20)25-17(13)24-22-8)12-7-21-23-15(12)9-2-4-10(18)5-3-9/h2-5,7,14H,20H2,1H3,(H,21,23)(H,22,24)/t14-/m0/s1. The summed E-state index contributed by atoms with van der Waals surface area (Å²) in [6.07, 6.45) is 1.63. The molecule has 0 bridgehead atoms. The maximum Gasteiger partial charge on any atom is 0.244 e. The lowest BCUT2D eigenvalue weighted by Gasteiger charge is -2.23. The number of nitrogens with two attached hydrogens (primary N) is 1. The summed E-state index contributed by atoms with van der Waals surface area (Å²) in [5, 5.41) is 23.6. The molecule has 4 N–H and O–H groups in total. The maximum atomic E-state index is 13.2. The molecular weight excluding hydrogens is 323 g/mol. The minimum Gasteiger partial charge on any atom is -0.420 e. The number of benzene rings is 1. The highest BCUT2D eigenvalue weighted by Crippen LogP contribution is 2.44. The smallest absolute Gasteiger partial charge is 0.244 e. The average Bonchev–Trinajstić information content (AvgIpc) is 3.22. The van der Waals surface area contributed by atoms with Crippen molar-refractivity contribution in [1.82, 2.24) is 20.4 Å². The molecular formula is C17H13FN6O. The molecule has 2 aromatic heterocycles. The lowest BCUT2D eigenvalue weighted by atomic mass is 9.83. The van der Waals surface area contributed by atoms with Gasteiger partial charge < -0.3 is 10.5 Å². The van der Waals surface area contributed by atoms with Gasteiger partial charge in [-0.3, -0.25) is 10.2 Å². The fourth-order valence-electron chi connectivity index (χ4n) is 3.07. The Morgan fingerprint density at radius 3 is 2.76 bits per heavy atom. The molecule has 7 nitrogen and oxygen atoms in total. The van der Waals surface area contributed by atoms with Gasteiger partial charge in [0.05, 0.1) is 17.8 Å². The zero-order chi connectivity index (χ0) is 17.6. The van der Waals surface area contributed by atoms with Gasteiger partial charge in [0, 0.05) is 22.4 Å². The largest absolute Gasteiger partial charge is 0.420 e. The van der Waals surface area contributed by atoms with Crippen molar-refractivity contribution in [3.63, 3.8) is 0 Å². The van der Waals surface area contributed by atoms with E-state index in [1.54, 1.807) is 18.3 Å². The highest BCUT2D eigenvalue weighted by molar-refractivity contribution is 5.68. The Labute approximate surface area is 141 Å². The molecule has 0 saturated heterocycles. The molecule has 0 fully saturated rings. The summed E-state index contributed by atoms with van der Waals surface area (Å²) in [4.78, 5) is 0. The fraction of sp³-hybridized carbons (Fsp3) is 0.118. The third-order valence-electron chi connectivity index (χ3n) is 4.24. The van der Waals surface area contributed by atoms with Gasteiger partial charge >= 0.3 is 0 Å². The number of aromatic amines is 2. The molecule has 1 aliphatic rings. The van der Waals surface area contributed by atoms with E-state index in [2.05, 4.69) is 26.5 Å². The molecule has 8 heteroatoms. The first-order chi connectivity index (χ1) is 12.1. The van der Waals surface area contributed by atoms with Crippen LogP contribution < -0.4 is 10.5 Å². The summed E-state index contributed by atoms with van der Waals surface area (Å²) in [6.45, 7) is 1.84. The van der Waals surface area contributed by atoms with Crippen molar-refractivity contribution in [2.75, 3.05) is 0 Å². The van der Waals surface area contributed by atoms with E-state index in [9.17, 15) is 9.65 Å². The Bertz CT molecular complexity index is 1020. The van der Waals surface area contributed by atoms with Crippen molar-refractivity contribution in [1.29, 1.82) is 5.26 Å². The molecule has 4 rings (SSSR count). The van der Waals surface area contributed by atoms with Gasteiger partial charge in [0.15, 0.2) is 0 Å². The second-order valence-electron chi connectivity index (χ2n) is 5.70. The van der Waals surface area contributed by atoms with Crippen LogP contribution in [0.15, 0.2) is 41.9 Å². The van der Waals surface area contributed by atoms with Crippen LogP contribution in [0.3, 0.4) is 0 Å². The SMILES string of the molecule is Cc1[nH]nc2c1[C@H](c1cn[nH]c1-c1ccc(F)cc1)C(C#N)=C(N)O2. The van der Waals surface area contributed by atoms with E-state index in [0.717, 1.165) is 22.4 Å². The summed E-state index contributed by atoms with van der Waals surface area (Å²) < 4.78 is 18.7. The molecule has 1 aliphatic heterocycles. The summed E-state index contributed by atoms with van der Waals surface area (Å²) in [6, 6.07) is 8.16. The van der Waals surface area contributed by atoms with Crippen LogP contribution in [0.2, 0.25) is 0 Å². The van der Waals surface area contributed by atoms with Crippen LogP contribution in [-0.2, 0) is 0 Å². The molecule has 3 heterocycles. The van der Waals surface area contributed by atoms with Gasteiger partial charge in [-0.1, -0.05) is 0 Å². The molecule has 0 spiro atoms. The lowest BCUT2D eigenvalue weighted by molar-refractivity contribution is 0.379. The number of ether oxygens (including phenoxy) is 1. The molecule has 0 saturated carbocycles. The van der Waals surface area contributed by atoms with E-state index in [-0.39, 0.29) is 17.3 Å². The van der Waals surface area contributed by atoms with Gasteiger partial charge in [0.1, 0.15) is 17.5 Å². The highest BCUT2D eigenvalue weighted by Gasteiger charge is 2.36. The first kappa shape index (κ1) is 15.0. The van der Waals surface area contributed by atoms with E-state index in [1.807, 2.05) is 6.92 Å². The number of aryl methyl sites for hydroxylation is 1. The fourth-order valence-corrected chi connectivity index (χ4v) is 3.07. The lowest BCUT2D eigenvalue weighted by Crippen LogP contribution is -2.21. The quantitative estimate of drug-likeness (QED) is 0.664. The Kier molecular flexibility index (Phi) is 3.28. The normalized spacial score (nSPS) is 16.3. The molecule has 0 aliphatic carbocycles. The number of allylic oxidation sites excluding steroid dienone is 1. The van der Waals surface area contributed by atoms with E-state index < -0.39 is 5.92 Å². The van der Waals surface area contributed by atoms with Crippen LogP contribution in [0.1, 0.15) is 22.7 Å². The Hall–Kier alpha value is -3.60. The summed E-state index contributed by atoms with van der Waals surface area (Å²) in [5.74, 6) is -0.458. The molecule has 124 valence electrons. The highest BCUT2D eigenvalue weighted by atomic mass is 19.1. The van der Waals surface area contributed by atoms with Crippen LogP contribution in [0.4, 0.5) is 4.39 Å². The number of nitrogens with one attached hydrogen (secondary N) is 2. The number of halogens is 1. The van der Waals surface area contributed by atoms with E-state index in [4.69, 9.17) is 10.5 Å². The van der Waals surface area contributed by atoms with Gasteiger partial charge in [0.2, 0.25) is 11.8 Å². The maximum absolute atomic E-state index is 13.2. The molecule has 1 atom stereocenters. The molecule has 0 unspecified atom stereocenters. The molecule has 0 radical (unpaired) electrons. The topological polar surface area (TPSA) is 116 Å². The second kappa shape index (κ2) is 5.49. The zero-order valence-electron chi connectivity index (χ0n) is 13.2. The van der Waals surface area contributed by atoms with Crippen molar-refractivity contribution in [3.8, 4) is 23.2 Å². The van der Waals surface area contributed by atoms with Gasteiger partial charge in [-0.25, -0.2) is 4.39 Å². The van der Waals surface area contributed by atoms with Gasteiger partial charge in [-0.15, -0.1) is 5.10 Å². The summed E-state index contributed by atoms with van der Waals surface area (Å²) in [5.41, 5.74) is 9.87. The monoisotopic (exact) mass is 336 g/mol. The van der Waals surface area contributed by atoms with Gasteiger partial charge in [-0.2, -0.15) is 10.4 Å². The number of nitrogens with zero attached hydrogens (tertiary/aromatic N) is 3. The van der Waals surface area contributed by atoms with Crippen molar-refractivity contribution in [2.45, 2.75) is 12.8 Å². The van der Waals surface area contributed by atoms with E-state index in [0.29, 0.717) is 11.6 Å².